The van der Waals surface area contributed by atoms with E-state index in [-0.39, 0.29) is 17.6 Å². The monoisotopic (exact) mass is 433 g/mol. The number of amides is 2. The Labute approximate surface area is 187 Å². The summed E-state index contributed by atoms with van der Waals surface area (Å²) in [6.45, 7) is 7.84. The van der Waals surface area contributed by atoms with Gasteiger partial charge in [0.15, 0.2) is 0 Å². The summed E-state index contributed by atoms with van der Waals surface area (Å²) in [7, 11) is 0. The van der Waals surface area contributed by atoms with E-state index in [2.05, 4.69) is 22.5 Å². The molecule has 0 atom stereocenters. The van der Waals surface area contributed by atoms with E-state index in [1.807, 2.05) is 75.4 Å². The van der Waals surface area contributed by atoms with Crippen LogP contribution in [0.3, 0.4) is 0 Å². The molecule has 1 heterocycles. The summed E-state index contributed by atoms with van der Waals surface area (Å²) in [6.07, 6.45) is 0.945. The summed E-state index contributed by atoms with van der Waals surface area (Å²) in [5, 5.41) is 6.40. The van der Waals surface area contributed by atoms with Crippen molar-refractivity contribution >= 4 is 35.0 Å². The van der Waals surface area contributed by atoms with Gasteiger partial charge >= 0.3 is 0 Å². The lowest BCUT2D eigenvalue weighted by Gasteiger charge is -2.13. The second-order valence-corrected chi connectivity index (χ2v) is 8.44. The first-order chi connectivity index (χ1) is 14.9. The highest BCUT2D eigenvalue weighted by Gasteiger charge is 2.18. The molecular weight excluding hydrogens is 406 g/mol. The fraction of sp³-hybridized carbons (Fsp3) is 0.240. The van der Waals surface area contributed by atoms with Crippen molar-refractivity contribution < 1.29 is 9.59 Å². The van der Waals surface area contributed by atoms with Crippen molar-refractivity contribution in [3.05, 3.63) is 82.5 Å². The lowest BCUT2D eigenvalue weighted by molar-refractivity contribution is -0.113. The predicted molar refractivity (Wildman–Crippen MR) is 128 cm³/mol. The summed E-state index contributed by atoms with van der Waals surface area (Å²) in [6, 6.07) is 17.3. The number of carbonyl (C=O) groups excluding carboxylic acids is 2. The van der Waals surface area contributed by atoms with Crippen LogP contribution in [0.25, 0.3) is 0 Å². The minimum absolute atomic E-state index is 0.141. The Morgan fingerprint density at radius 2 is 1.68 bits per heavy atom. The first-order valence-corrected chi connectivity index (χ1v) is 11.2. The molecule has 2 aromatic carbocycles. The van der Waals surface area contributed by atoms with Crippen molar-refractivity contribution in [2.75, 3.05) is 16.4 Å². The fourth-order valence-corrected chi connectivity index (χ4v) is 4.20. The first-order valence-electron chi connectivity index (χ1n) is 10.2. The summed E-state index contributed by atoms with van der Waals surface area (Å²) in [5.41, 5.74) is 5.91. The molecule has 0 radical (unpaired) electrons. The molecule has 6 heteroatoms. The molecule has 0 spiro atoms. The number of anilines is 2. The Hall–Kier alpha value is -3.12. The molecule has 3 aromatic rings. The largest absolute Gasteiger partial charge is 0.325 e. The van der Waals surface area contributed by atoms with Gasteiger partial charge in [-0.05, 0) is 74.2 Å². The van der Waals surface area contributed by atoms with Crippen LogP contribution in [0.4, 0.5) is 11.4 Å². The van der Waals surface area contributed by atoms with E-state index in [0.29, 0.717) is 10.6 Å². The zero-order chi connectivity index (χ0) is 22.4. The van der Waals surface area contributed by atoms with Crippen molar-refractivity contribution in [3.8, 4) is 0 Å². The topological polar surface area (TPSA) is 71.1 Å². The molecule has 0 bridgehead atoms. The van der Waals surface area contributed by atoms with E-state index in [4.69, 9.17) is 0 Å². The van der Waals surface area contributed by atoms with Gasteiger partial charge in [-0.25, -0.2) is 4.98 Å². The number of thioether (sulfide) groups is 1. The third-order valence-electron chi connectivity index (χ3n) is 4.80. The number of carbonyl (C=O) groups is 2. The van der Waals surface area contributed by atoms with Crippen LogP contribution in [0.1, 0.15) is 39.7 Å². The molecule has 160 valence electrons. The average molecular weight is 434 g/mol. The zero-order valence-corrected chi connectivity index (χ0v) is 19.1. The zero-order valence-electron chi connectivity index (χ0n) is 18.3. The van der Waals surface area contributed by atoms with Crippen LogP contribution in [-0.2, 0) is 11.2 Å². The number of rotatable bonds is 7. The molecular formula is C25H27N3O2S. The highest BCUT2D eigenvalue weighted by atomic mass is 32.2. The summed E-state index contributed by atoms with van der Waals surface area (Å²) in [4.78, 5) is 30.0. The highest BCUT2D eigenvalue weighted by molar-refractivity contribution is 8.00. The third kappa shape index (κ3) is 6.18. The van der Waals surface area contributed by atoms with Crippen molar-refractivity contribution in [1.29, 1.82) is 0 Å². The minimum atomic E-state index is -0.226. The van der Waals surface area contributed by atoms with Gasteiger partial charge in [-0.2, -0.15) is 0 Å². The predicted octanol–water partition coefficient (Wildman–Crippen LogP) is 5.55. The molecule has 1 aromatic heterocycles. The van der Waals surface area contributed by atoms with E-state index in [1.54, 1.807) is 0 Å². The van der Waals surface area contributed by atoms with Gasteiger partial charge in [-0.3, -0.25) is 9.59 Å². The molecule has 0 saturated carbocycles. The summed E-state index contributed by atoms with van der Waals surface area (Å²) in [5.74, 6) is -0.205. The number of aromatic nitrogens is 1. The van der Waals surface area contributed by atoms with E-state index in [1.165, 1.54) is 17.3 Å². The maximum atomic E-state index is 13.0. The Balaban J connectivity index is 1.74. The lowest BCUT2D eigenvalue weighted by atomic mass is 10.1. The van der Waals surface area contributed by atoms with E-state index in [9.17, 15) is 9.59 Å². The molecule has 0 fully saturated rings. The second kappa shape index (κ2) is 10.3. The van der Waals surface area contributed by atoms with Crippen LogP contribution in [0.2, 0.25) is 0 Å². The molecule has 0 unspecified atom stereocenters. The Morgan fingerprint density at radius 1 is 0.935 bits per heavy atom. The van der Waals surface area contributed by atoms with E-state index < -0.39 is 0 Å². The first kappa shape index (κ1) is 22.6. The quantitative estimate of drug-likeness (QED) is 0.479. The smallest absolute Gasteiger partial charge is 0.258 e. The number of pyridine rings is 1. The summed E-state index contributed by atoms with van der Waals surface area (Å²) < 4.78 is 0. The fourth-order valence-electron chi connectivity index (χ4n) is 3.25. The van der Waals surface area contributed by atoms with Gasteiger partial charge in [0, 0.05) is 17.1 Å². The van der Waals surface area contributed by atoms with Gasteiger partial charge in [-0.1, -0.05) is 43.0 Å². The molecule has 0 aliphatic heterocycles. The molecule has 31 heavy (non-hydrogen) atoms. The van der Waals surface area contributed by atoms with Gasteiger partial charge in [-0.15, -0.1) is 0 Å². The van der Waals surface area contributed by atoms with Crippen molar-refractivity contribution in [2.24, 2.45) is 0 Å². The molecule has 0 aliphatic rings. The minimum Gasteiger partial charge on any atom is -0.325 e. The van der Waals surface area contributed by atoms with Crippen LogP contribution < -0.4 is 10.6 Å². The second-order valence-electron chi connectivity index (χ2n) is 7.47. The Bertz CT molecular complexity index is 1090. The van der Waals surface area contributed by atoms with E-state index in [0.717, 1.165) is 34.6 Å². The van der Waals surface area contributed by atoms with Crippen molar-refractivity contribution in [3.63, 3.8) is 0 Å². The van der Waals surface area contributed by atoms with Gasteiger partial charge < -0.3 is 10.6 Å². The Kier molecular flexibility index (Phi) is 7.47. The summed E-state index contributed by atoms with van der Waals surface area (Å²) >= 11 is 1.27. The van der Waals surface area contributed by atoms with Gasteiger partial charge in [0.2, 0.25) is 5.91 Å². The number of hydrogen-bond acceptors (Lipinski definition) is 4. The van der Waals surface area contributed by atoms with Gasteiger partial charge in [0.1, 0.15) is 5.03 Å². The van der Waals surface area contributed by atoms with Crippen molar-refractivity contribution in [1.82, 2.24) is 4.98 Å². The van der Waals surface area contributed by atoms with Crippen LogP contribution in [0.5, 0.6) is 0 Å². The molecule has 0 aliphatic carbocycles. The normalized spacial score (nSPS) is 10.6. The number of hydrogen-bond donors (Lipinski definition) is 2. The SMILES string of the molecule is CCc1ccc(NC(=O)c2c(C)cc(C)nc2SCC(=O)Nc2cccc(C)c2)cc1. The number of benzene rings is 2. The molecule has 0 saturated heterocycles. The van der Waals surface area contributed by atoms with Gasteiger partial charge in [0.05, 0.1) is 11.3 Å². The van der Waals surface area contributed by atoms with Crippen LogP contribution in [-0.4, -0.2) is 22.6 Å². The number of nitrogens with zero attached hydrogens (tertiary/aromatic N) is 1. The van der Waals surface area contributed by atoms with Crippen LogP contribution in [0.15, 0.2) is 59.6 Å². The molecule has 5 nitrogen and oxygen atoms in total. The third-order valence-corrected chi connectivity index (χ3v) is 5.78. The Morgan fingerprint density at radius 3 is 2.35 bits per heavy atom. The standard InChI is InChI=1S/C25H27N3O2S/c1-5-19-9-11-20(12-10-19)28-24(30)23-17(3)14-18(4)26-25(23)31-15-22(29)27-21-8-6-7-16(2)13-21/h6-14H,5,15H2,1-4H3,(H,27,29)(H,28,30). The maximum Gasteiger partial charge on any atom is 0.258 e. The van der Waals surface area contributed by atoms with E-state index >= 15 is 0 Å². The maximum absolute atomic E-state index is 13.0. The molecule has 3 rings (SSSR count). The highest BCUT2D eigenvalue weighted by Crippen LogP contribution is 2.26. The lowest BCUT2D eigenvalue weighted by Crippen LogP contribution is -2.18. The van der Waals surface area contributed by atoms with Crippen LogP contribution >= 0.6 is 11.8 Å². The average Bonchev–Trinajstić information content (AvgIpc) is 2.72. The number of aryl methyl sites for hydroxylation is 4. The number of nitrogens with one attached hydrogen (secondary N) is 2. The van der Waals surface area contributed by atoms with Crippen molar-refractivity contribution in [2.45, 2.75) is 39.1 Å². The molecule has 2 N–H and O–H groups in total. The molecule has 2 amide bonds. The van der Waals surface area contributed by atoms with Crippen LogP contribution in [0, 0.1) is 20.8 Å². The van der Waals surface area contributed by atoms with Gasteiger partial charge in [0.25, 0.3) is 5.91 Å².